The highest BCUT2D eigenvalue weighted by Crippen LogP contribution is 2.25. The fourth-order valence-electron chi connectivity index (χ4n) is 2.28. The normalized spacial score (nSPS) is 10.5. The molecule has 0 atom stereocenters. The molecule has 2 heterocycles. The molecule has 0 aliphatic carbocycles. The summed E-state index contributed by atoms with van der Waals surface area (Å²) in [6.07, 6.45) is 3.08. The van der Waals surface area contributed by atoms with E-state index in [1.807, 2.05) is 6.07 Å². The number of fused-ring (bicyclic) bond motifs is 1. The van der Waals surface area contributed by atoms with Crippen LogP contribution in [0.25, 0.3) is 10.2 Å². The van der Waals surface area contributed by atoms with Crippen LogP contribution in [0.1, 0.15) is 17.3 Å². The molecule has 0 fully saturated rings. The Morgan fingerprint density at radius 2 is 2.00 bits per heavy atom. The third kappa shape index (κ3) is 3.41. The maximum absolute atomic E-state index is 12.8. The number of rotatable bonds is 5. The second-order valence-corrected chi connectivity index (χ2v) is 5.82. The first-order chi connectivity index (χ1) is 11.7. The zero-order valence-corrected chi connectivity index (χ0v) is 13.8. The van der Waals surface area contributed by atoms with E-state index < -0.39 is 5.97 Å². The van der Waals surface area contributed by atoms with Gasteiger partial charge in [-0.1, -0.05) is 0 Å². The molecule has 24 heavy (non-hydrogen) atoms. The van der Waals surface area contributed by atoms with Gasteiger partial charge in [-0.2, -0.15) is 0 Å². The van der Waals surface area contributed by atoms with Gasteiger partial charge < -0.3 is 4.74 Å². The van der Waals surface area contributed by atoms with Gasteiger partial charge in [-0.05, 0) is 37.3 Å². The van der Waals surface area contributed by atoms with Gasteiger partial charge in [0.2, 0.25) is 0 Å². The summed E-state index contributed by atoms with van der Waals surface area (Å²) < 4.78 is 6.01. The van der Waals surface area contributed by atoms with Gasteiger partial charge in [0, 0.05) is 23.6 Å². The molecular formula is C17H15N3O3S. The minimum Gasteiger partial charge on any atom is -0.465 e. The average molecular weight is 341 g/mol. The van der Waals surface area contributed by atoms with Crippen LogP contribution < -0.4 is 4.90 Å². The second kappa shape index (κ2) is 7.18. The Hall–Kier alpha value is -2.80. The molecule has 0 unspecified atom stereocenters. The summed E-state index contributed by atoms with van der Waals surface area (Å²) >= 11 is 1.52. The van der Waals surface area contributed by atoms with Gasteiger partial charge in [-0.15, -0.1) is 11.3 Å². The Bertz CT molecular complexity index is 864. The van der Waals surface area contributed by atoms with Crippen molar-refractivity contribution in [1.82, 2.24) is 9.97 Å². The van der Waals surface area contributed by atoms with Crippen molar-refractivity contribution in [3.05, 3.63) is 53.8 Å². The molecule has 0 saturated heterocycles. The molecule has 7 heteroatoms. The highest BCUT2D eigenvalue weighted by molar-refractivity contribution is 7.16. The smallest absolute Gasteiger partial charge is 0.326 e. The molecule has 1 aromatic carbocycles. The van der Waals surface area contributed by atoms with Crippen LogP contribution in [-0.4, -0.2) is 35.0 Å². The van der Waals surface area contributed by atoms with Gasteiger partial charge in [0.15, 0.2) is 0 Å². The van der Waals surface area contributed by atoms with Gasteiger partial charge in [-0.25, -0.2) is 4.98 Å². The van der Waals surface area contributed by atoms with E-state index in [0.717, 1.165) is 10.2 Å². The first-order valence-corrected chi connectivity index (χ1v) is 8.27. The number of pyridine rings is 1. The van der Waals surface area contributed by atoms with Gasteiger partial charge in [0.1, 0.15) is 6.54 Å². The molecule has 0 aliphatic rings. The summed E-state index contributed by atoms with van der Waals surface area (Å²) in [5.74, 6) is -0.752. The number of nitrogens with zero attached hydrogens (tertiary/aromatic N) is 3. The Balaban J connectivity index is 1.97. The van der Waals surface area contributed by atoms with Crippen molar-refractivity contribution in [2.24, 2.45) is 0 Å². The molecule has 0 radical (unpaired) electrons. The first-order valence-electron chi connectivity index (χ1n) is 7.40. The van der Waals surface area contributed by atoms with Crippen LogP contribution in [0.5, 0.6) is 0 Å². The van der Waals surface area contributed by atoms with Crippen LogP contribution >= 0.6 is 11.3 Å². The van der Waals surface area contributed by atoms with Gasteiger partial charge >= 0.3 is 5.97 Å². The summed E-state index contributed by atoms with van der Waals surface area (Å²) in [6.45, 7) is 1.83. The molecule has 3 aromatic rings. The highest BCUT2D eigenvalue weighted by atomic mass is 32.1. The number of hydrogen-bond acceptors (Lipinski definition) is 6. The lowest BCUT2D eigenvalue weighted by atomic mass is 10.2. The lowest BCUT2D eigenvalue weighted by Crippen LogP contribution is -2.36. The summed E-state index contributed by atoms with van der Waals surface area (Å²) in [6, 6.07) is 8.72. The first kappa shape index (κ1) is 16.1. The summed E-state index contributed by atoms with van der Waals surface area (Å²) in [5, 5.41) is 0. The number of ether oxygens (including phenoxy) is 1. The maximum atomic E-state index is 12.8. The molecule has 6 nitrogen and oxygen atoms in total. The predicted octanol–water partition coefficient (Wildman–Crippen LogP) is 2.90. The van der Waals surface area contributed by atoms with Gasteiger partial charge in [-0.3, -0.25) is 19.5 Å². The lowest BCUT2D eigenvalue weighted by Gasteiger charge is -2.22. The van der Waals surface area contributed by atoms with Crippen LogP contribution in [0.4, 0.5) is 5.69 Å². The standard InChI is InChI=1S/C17H15N3O3S/c1-2-23-16(21)10-20(17(22)12-5-7-18-8-6-12)13-3-4-15-14(9-13)19-11-24-15/h3-9,11H,2,10H2,1H3. The van der Waals surface area contributed by atoms with Crippen molar-refractivity contribution in [2.45, 2.75) is 6.92 Å². The van der Waals surface area contributed by atoms with Crippen molar-refractivity contribution in [3.63, 3.8) is 0 Å². The quantitative estimate of drug-likeness (QED) is 0.667. The van der Waals surface area contributed by atoms with Crippen molar-refractivity contribution in [2.75, 3.05) is 18.1 Å². The molecule has 0 N–H and O–H groups in total. The van der Waals surface area contributed by atoms with E-state index in [1.54, 1.807) is 49.1 Å². The van der Waals surface area contributed by atoms with E-state index in [1.165, 1.54) is 16.2 Å². The van der Waals surface area contributed by atoms with Crippen molar-refractivity contribution >= 4 is 39.1 Å². The number of anilines is 1. The van der Waals surface area contributed by atoms with E-state index in [-0.39, 0.29) is 19.1 Å². The van der Waals surface area contributed by atoms with Crippen molar-refractivity contribution < 1.29 is 14.3 Å². The number of benzene rings is 1. The van der Waals surface area contributed by atoms with Crippen LogP contribution in [0, 0.1) is 0 Å². The number of carbonyl (C=O) groups excluding carboxylic acids is 2. The fraction of sp³-hybridized carbons (Fsp3) is 0.176. The molecule has 122 valence electrons. The summed E-state index contributed by atoms with van der Waals surface area (Å²) in [5.41, 5.74) is 3.58. The lowest BCUT2D eigenvalue weighted by molar-refractivity contribution is -0.141. The van der Waals surface area contributed by atoms with Crippen molar-refractivity contribution in [3.8, 4) is 0 Å². The van der Waals surface area contributed by atoms with Gasteiger partial charge in [0.05, 0.1) is 22.3 Å². The second-order valence-electron chi connectivity index (χ2n) is 4.94. The van der Waals surface area contributed by atoms with Crippen LogP contribution in [0.3, 0.4) is 0 Å². The van der Waals surface area contributed by atoms with E-state index >= 15 is 0 Å². The molecule has 2 aromatic heterocycles. The Morgan fingerprint density at radius 3 is 2.75 bits per heavy atom. The number of aromatic nitrogens is 2. The minimum absolute atomic E-state index is 0.162. The molecule has 0 bridgehead atoms. The summed E-state index contributed by atoms with van der Waals surface area (Å²) in [4.78, 5) is 34.3. The Morgan fingerprint density at radius 1 is 1.21 bits per heavy atom. The van der Waals surface area contributed by atoms with E-state index in [0.29, 0.717) is 11.3 Å². The number of hydrogen-bond donors (Lipinski definition) is 0. The topological polar surface area (TPSA) is 72.4 Å². The molecule has 0 saturated carbocycles. The molecule has 0 spiro atoms. The van der Waals surface area contributed by atoms with Crippen LogP contribution in [0.15, 0.2) is 48.2 Å². The number of carbonyl (C=O) groups is 2. The predicted molar refractivity (Wildman–Crippen MR) is 92.2 cm³/mol. The van der Waals surface area contributed by atoms with Crippen LogP contribution in [0.2, 0.25) is 0 Å². The van der Waals surface area contributed by atoms with Gasteiger partial charge in [0.25, 0.3) is 5.91 Å². The van der Waals surface area contributed by atoms with E-state index in [4.69, 9.17) is 4.74 Å². The average Bonchev–Trinajstić information content (AvgIpc) is 3.08. The zero-order chi connectivity index (χ0) is 16.9. The monoisotopic (exact) mass is 341 g/mol. The molecule has 1 amide bonds. The highest BCUT2D eigenvalue weighted by Gasteiger charge is 2.22. The number of esters is 1. The van der Waals surface area contributed by atoms with Crippen LogP contribution in [-0.2, 0) is 9.53 Å². The molecule has 0 aliphatic heterocycles. The third-order valence-corrected chi connectivity index (χ3v) is 4.20. The van der Waals surface area contributed by atoms with E-state index in [9.17, 15) is 9.59 Å². The van der Waals surface area contributed by atoms with Crippen molar-refractivity contribution in [1.29, 1.82) is 0 Å². The molecule has 3 rings (SSSR count). The third-order valence-electron chi connectivity index (χ3n) is 3.39. The fourth-order valence-corrected chi connectivity index (χ4v) is 2.94. The summed E-state index contributed by atoms with van der Waals surface area (Å²) in [7, 11) is 0. The SMILES string of the molecule is CCOC(=O)CN(C(=O)c1ccncc1)c1ccc2scnc2c1. The number of thiazole rings is 1. The minimum atomic E-state index is -0.460. The zero-order valence-electron chi connectivity index (χ0n) is 13.0. The Labute approximate surface area is 142 Å². The maximum Gasteiger partial charge on any atom is 0.326 e. The Kier molecular flexibility index (Phi) is 4.81. The molecular weight excluding hydrogens is 326 g/mol. The van der Waals surface area contributed by atoms with E-state index in [2.05, 4.69) is 9.97 Å². The number of amides is 1. The largest absolute Gasteiger partial charge is 0.465 e.